The Morgan fingerprint density at radius 2 is 1.95 bits per heavy atom. The van der Waals surface area contributed by atoms with Crippen molar-refractivity contribution in [2.75, 3.05) is 13.1 Å². The van der Waals surface area contributed by atoms with E-state index in [1.165, 1.54) is 12.1 Å². The third kappa shape index (κ3) is 3.93. The van der Waals surface area contributed by atoms with Crippen molar-refractivity contribution in [3.05, 3.63) is 35.4 Å². The molecular weight excluding hydrogens is 285 g/mol. The highest BCUT2D eigenvalue weighted by atomic mass is 32.1. The van der Waals surface area contributed by atoms with Gasteiger partial charge in [-0.25, -0.2) is 0 Å². The number of hydrogen-bond acceptors (Lipinski definition) is 2. The van der Waals surface area contributed by atoms with Crippen molar-refractivity contribution >= 4 is 17.2 Å². The molecule has 0 amide bonds. The molecule has 2 nitrogen and oxygen atoms in total. The molecule has 20 heavy (non-hydrogen) atoms. The number of piperidine rings is 1. The molecule has 0 aromatic heterocycles. The fraction of sp³-hybridized carbons (Fsp3) is 0.500. The van der Waals surface area contributed by atoms with Crippen LogP contribution in [0.15, 0.2) is 24.3 Å². The fourth-order valence-corrected chi connectivity index (χ4v) is 2.72. The topological polar surface area (TPSA) is 29.3 Å². The van der Waals surface area contributed by atoms with Crippen LogP contribution in [0.4, 0.5) is 13.2 Å². The second kappa shape index (κ2) is 6.10. The molecule has 1 aliphatic rings. The summed E-state index contributed by atoms with van der Waals surface area (Å²) >= 11 is 4.98. The highest BCUT2D eigenvalue weighted by Gasteiger charge is 2.30. The molecule has 2 N–H and O–H groups in total. The molecule has 0 aliphatic carbocycles. The average Bonchev–Trinajstić information content (AvgIpc) is 2.38. The van der Waals surface area contributed by atoms with E-state index in [0.29, 0.717) is 17.1 Å². The Morgan fingerprint density at radius 3 is 2.50 bits per heavy atom. The standard InChI is InChI=1S/C14H17F3N2S/c15-14(16,17)12-3-1-2-10(8-12)9-19-6-4-11(5-7-19)13(18)20/h1-3,8,11H,4-7,9H2,(H2,18,20). The van der Waals surface area contributed by atoms with Crippen LogP contribution in [0.1, 0.15) is 24.0 Å². The van der Waals surface area contributed by atoms with Gasteiger partial charge < -0.3 is 5.73 Å². The van der Waals surface area contributed by atoms with Gasteiger partial charge in [0.2, 0.25) is 0 Å². The Bertz CT molecular complexity index is 480. The van der Waals surface area contributed by atoms with Crippen LogP contribution in [-0.4, -0.2) is 23.0 Å². The maximum atomic E-state index is 12.6. The number of thiocarbonyl (C=S) groups is 1. The molecule has 0 saturated carbocycles. The van der Waals surface area contributed by atoms with Gasteiger partial charge in [-0.2, -0.15) is 13.2 Å². The van der Waals surface area contributed by atoms with E-state index in [1.54, 1.807) is 6.07 Å². The summed E-state index contributed by atoms with van der Waals surface area (Å²) < 4.78 is 37.9. The number of halogens is 3. The van der Waals surface area contributed by atoms with Gasteiger partial charge in [0.05, 0.1) is 10.6 Å². The van der Waals surface area contributed by atoms with Crippen molar-refractivity contribution in [3.63, 3.8) is 0 Å². The highest BCUT2D eigenvalue weighted by Crippen LogP contribution is 2.30. The second-order valence-electron chi connectivity index (χ2n) is 5.15. The van der Waals surface area contributed by atoms with E-state index < -0.39 is 11.7 Å². The Morgan fingerprint density at radius 1 is 1.30 bits per heavy atom. The first kappa shape index (κ1) is 15.3. The van der Waals surface area contributed by atoms with Crippen molar-refractivity contribution < 1.29 is 13.2 Å². The van der Waals surface area contributed by atoms with Crippen molar-refractivity contribution in [1.82, 2.24) is 4.90 Å². The third-order valence-electron chi connectivity index (χ3n) is 3.65. The van der Waals surface area contributed by atoms with Crippen molar-refractivity contribution in [2.45, 2.75) is 25.6 Å². The second-order valence-corrected chi connectivity index (χ2v) is 5.62. The number of hydrogen-bond donors (Lipinski definition) is 1. The Kier molecular flexibility index (Phi) is 4.65. The lowest BCUT2D eigenvalue weighted by Crippen LogP contribution is -2.37. The molecule has 0 atom stereocenters. The van der Waals surface area contributed by atoms with E-state index in [2.05, 4.69) is 4.90 Å². The summed E-state index contributed by atoms with van der Waals surface area (Å²) in [6, 6.07) is 5.51. The fourth-order valence-electron chi connectivity index (χ4n) is 2.48. The largest absolute Gasteiger partial charge is 0.416 e. The zero-order chi connectivity index (χ0) is 14.8. The predicted octanol–water partition coefficient (Wildman–Crippen LogP) is 3.20. The molecule has 6 heteroatoms. The van der Waals surface area contributed by atoms with Crippen LogP contribution in [0, 0.1) is 5.92 Å². The minimum atomic E-state index is -4.28. The molecule has 2 rings (SSSR count). The summed E-state index contributed by atoms with van der Waals surface area (Å²) in [4.78, 5) is 2.69. The summed E-state index contributed by atoms with van der Waals surface area (Å²) in [6.45, 7) is 2.17. The van der Waals surface area contributed by atoms with Crippen LogP contribution in [0.25, 0.3) is 0 Å². The minimum absolute atomic E-state index is 0.266. The van der Waals surface area contributed by atoms with Gasteiger partial charge >= 0.3 is 6.18 Å². The molecule has 1 heterocycles. The van der Waals surface area contributed by atoms with Gasteiger partial charge in [-0.1, -0.05) is 30.4 Å². The Labute approximate surface area is 121 Å². The maximum absolute atomic E-state index is 12.6. The molecule has 1 aromatic carbocycles. The average molecular weight is 302 g/mol. The van der Waals surface area contributed by atoms with Gasteiger partial charge in [-0.15, -0.1) is 0 Å². The van der Waals surface area contributed by atoms with Gasteiger partial charge in [0.15, 0.2) is 0 Å². The first-order valence-electron chi connectivity index (χ1n) is 6.54. The molecule has 1 fully saturated rings. The van der Waals surface area contributed by atoms with E-state index in [0.717, 1.165) is 32.0 Å². The van der Waals surface area contributed by atoms with Gasteiger partial charge in [0, 0.05) is 12.5 Å². The molecule has 0 bridgehead atoms. The summed E-state index contributed by atoms with van der Waals surface area (Å²) in [5, 5.41) is 0. The molecule has 1 aliphatic heterocycles. The van der Waals surface area contributed by atoms with Gasteiger partial charge in [0.1, 0.15) is 0 Å². The van der Waals surface area contributed by atoms with Crippen LogP contribution in [0.5, 0.6) is 0 Å². The van der Waals surface area contributed by atoms with E-state index in [9.17, 15) is 13.2 Å². The molecule has 1 saturated heterocycles. The number of nitrogens with zero attached hydrogens (tertiary/aromatic N) is 1. The van der Waals surface area contributed by atoms with E-state index >= 15 is 0 Å². The lowest BCUT2D eigenvalue weighted by Gasteiger charge is -2.31. The number of rotatable bonds is 3. The molecule has 110 valence electrons. The van der Waals surface area contributed by atoms with Crippen LogP contribution in [0.3, 0.4) is 0 Å². The molecular formula is C14H17F3N2S. The maximum Gasteiger partial charge on any atom is 0.416 e. The molecule has 0 unspecified atom stereocenters. The van der Waals surface area contributed by atoms with Crippen molar-refractivity contribution in [2.24, 2.45) is 11.7 Å². The summed E-state index contributed by atoms with van der Waals surface area (Å²) in [5.74, 6) is 0.266. The number of likely N-dealkylation sites (tertiary alicyclic amines) is 1. The lowest BCUT2D eigenvalue weighted by atomic mass is 9.96. The zero-order valence-corrected chi connectivity index (χ0v) is 11.8. The summed E-state index contributed by atoms with van der Waals surface area (Å²) in [5.41, 5.74) is 5.72. The monoisotopic (exact) mass is 302 g/mol. The zero-order valence-electron chi connectivity index (χ0n) is 11.0. The Hall–Kier alpha value is -1.14. The quantitative estimate of drug-likeness (QED) is 0.869. The third-order valence-corrected chi connectivity index (χ3v) is 3.98. The van der Waals surface area contributed by atoms with Crippen LogP contribution >= 0.6 is 12.2 Å². The molecule has 0 radical (unpaired) electrons. The number of benzene rings is 1. The first-order chi connectivity index (χ1) is 9.36. The van der Waals surface area contributed by atoms with Crippen molar-refractivity contribution in [1.29, 1.82) is 0 Å². The molecule has 0 spiro atoms. The summed E-state index contributed by atoms with van der Waals surface area (Å²) in [6.07, 6.45) is -2.52. The number of alkyl halides is 3. The van der Waals surface area contributed by atoms with Gasteiger partial charge in [-0.05, 0) is 37.6 Å². The van der Waals surface area contributed by atoms with E-state index in [4.69, 9.17) is 18.0 Å². The van der Waals surface area contributed by atoms with Crippen LogP contribution in [0.2, 0.25) is 0 Å². The Balaban J connectivity index is 1.96. The normalized spacial score (nSPS) is 18.1. The smallest absolute Gasteiger partial charge is 0.393 e. The van der Waals surface area contributed by atoms with Crippen LogP contribution < -0.4 is 5.73 Å². The minimum Gasteiger partial charge on any atom is -0.393 e. The first-order valence-corrected chi connectivity index (χ1v) is 6.95. The molecule has 1 aromatic rings. The lowest BCUT2D eigenvalue weighted by molar-refractivity contribution is -0.137. The number of nitrogens with two attached hydrogens (primary N) is 1. The van der Waals surface area contributed by atoms with E-state index in [1.807, 2.05) is 0 Å². The van der Waals surface area contributed by atoms with Gasteiger partial charge in [-0.3, -0.25) is 4.90 Å². The summed E-state index contributed by atoms with van der Waals surface area (Å²) in [7, 11) is 0. The SMILES string of the molecule is NC(=S)C1CCN(Cc2cccc(C(F)(F)F)c2)CC1. The van der Waals surface area contributed by atoms with Crippen LogP contribution in [-0.2, 0) is 12.7 Å². The predicted molar refractivity (Wildman–Crippen MR) is 76.2 cm³/mol. The van der Waals surface area contributed by atoms with Gasteiger partial charge in [0.25, 0.3) is 0 Å². The van der Waals surface area contributed by atoms with Crippen molar-refractivity contribution in [3.8, 4) is 0 Å². The highest BCUT2D eigenvalue weighted by molar-refractivity contribution is 7.80. The van der Waals surface area contributed by atoms with E-state index in [-0.39, 0.29) is 5.92 Å².